The van der Waals surface area contributed by atoms with Crippen LogP contribution in [-0.2, 0) is 0 Å². The molecule has 2 amide bonds. The van der Waals surface area contributed by atoms with Crippen molar-refractivity contribution in [3.63, 3.8) is 0 Å². The first-order valence-corrected chi connectivity index (χ1v) is 9.02. The van der Waals surface area contributed by atoms with Crippen LogP contribution in [-0.4, -0.2) is 51.2 Å². The second-order valence-corrected chi connectivity index (χ2v) is 7.33. The molecule has 0 bridgehead atoms. The highest BCUT2D eigenvalue weighted by Crippen LogP contribution is 2.27. The first-order valence-electron chi connectivity index (χ1n) is 7.11. The van der Waals surface area contributed by atoms with E-state index in [-0.39, 0.29) is 16.3 Å². The molecule has 0 saturated carbocycles. The number of hydrogen-bond donors (Lipinski definition) is 2. The molecule has 122 valence electrons. The lowest BCUT2D eigenvalue weighted by Crippen LogP contribution is -2.49. The van der Waals surface area contributed by atoms with E-state index in [1.807, 2.05) is 0 Å². The topological polar surface area (TPSA) is 65.5 Å². The van der Waals surface area contributed by atoms with E-state index in [0.717, 1.165) is 5.75 Å². The number of hydrogen-bond acceptors (Lipinski definition) is 4. The smallest absolute Gasteiger partial charge is 0.321 e. The van der Waals surface area contributed by atoms with E-state index in [1.54, 1.807) is 28.8 Å². The van der Waals surface area contributed by atoms with Gasteiger partial charge in [-0.15, -0.1) is 0 Å². The van der Waals surface area contributed by atoms with Crippen LogP contribution in [0.2, 0.25) is 10.3 Å². The van der Waals surface area contributed by atoms with E-state index >= 15 is 0 Å². The largest absolute Gasteiger partial charge is 0.389 e. The lowest BCUT2D eigenvalue weighted by atomic mass is 9.94. The molecule has 5 nitrogen and oxygen atoms in total. The summed E-state index contributed by atoms with van der Waals surface area (Å²) in [5.74, 6) is 1.70. The van der Waals surface area contributed by atoms with Gasteiger partial charge in [0.05, 0.1) is 5.60 Å². The maximum absolute atomic E-state index is 12.2. The highest BCUT2D eigenvalue weighted by Gasteiger charge is 2.33. The van der Waals surface area contributed by atoms with Crippen LogP contribution >= 0.6 is 35.0 Å². The van der Waals surface area contributed by atoms with Crippen LogP contribution in [0.25, 0.3) is 0 Å². The molecule has 1 fully saturated rings. The number of aliphatic hydroxyl groups is 1. The van der Waals surface area contributed by atoms with Gasteiger partial charge in [-0.3, -0.25) is 0 Å². The first-order chi connectivity index (χ1) is 10.4. The Hall–Kier alpha value is -0.690. The molecule has 1 aliphatic heterocycles. The number of rotatable bonds is 4. The maximum Gasteiger partial charge on any atom is 0.321 e. The van der Waals surface area contributed by atoms with Crippen LogP contribution in [0.15, 0.2) is 12.1 Å². The predicted molar refractivity (Wildman–Crippen MR) is 92.0 cm³/mol. The summed E-state index contributed by atoms with van der Waals surface area (Å²) in [5.41, 5.74) is -0.154. The number of nitrogens with one attached hydrogen (secondary N) is 1. The molecule has 0 aromatic carbocycles. The summed E-state index contributed by atoms with van der Waals surface area (Å²) in [6.45, 7) is 3.12. The molecular weight excluding hydrogens is 345 g/mol. The standard InChI is InChI=1S/C14H19Cl2N3O2S/c1-2-22-9-14(21)3-5-19(6-4-14)13(20)17-10-7-11(15)18-12(16)8-10/h7-8,21H,2-6,9H2,1H3,(H,17,18,20). The molecule has 1 aromatic rings. The Morgan fingerprint density at radius 1 is 1.41 bits per heavy atom. The van der Waals surface area contributed by atoms with Crippen molar-refractivity contribution in [2.24, 2.45) is 0 Å². The molecule has 0 atom stereocenters. The summed E-state index contributed by atoms with van der Waals surface area (Å²) in [5, 5.41) is 13.7. The Balaban J connectivity index is 1.89. The van der Waals surface area contributed by atoms with Gasteiger partial charge in [-0.1, -0.05) is 30.1 Å². The minimum Gasteiger partial charge on any atom is -0.389 e. The van der Waals surface area contributed by atoms with Crippen molar-refractivity contribution >= 4 is 46.7 Å². The van der Waals surface area contributed by atoms with Gasteiger partial charge in [0.15, 0.2) is 0 Å². The van der Waals surface area contributed by atoms with E-state index in [2.05, 4.69) is 17.2 Å². The Bertz CT molecular complexity index is 517. The second kappa shape index (κ2) is 7.73. The Kier molecular flexibility index (Phi) is 6.20. The number of pyridine rings is 1. The summed E-state index contributed by atoms with van der Waals surface area (Å²) in [6, 6.07) is 2.87. The summed E-state index contributed by atoms with van der Waals surface area (Å²) < 4.78 is 0. The summed E-state index contributed by atoms with van der Waals surface area (Å²) in [7, 11) is 0. The normalized spacial score (nSPS) is 17.4. The highest BCUT2D eigenvalue weighted by molar-refractivity contribution is 7.99. The maximum atomic E-state index is 12.2. The minimum absolute atomic E-state index is 0.219. The number of urea groups is 1. The molecule has 0 unspecified atom stereocenters. The molecule has 2 rings (SSSR count). The summed E-state index contributed by atoms with van der Waals surface area (Å²) in [6.07, 6.45) is 1.18. The number of carbonyl (C=O) groups excluding carboxylic acids is 1. The molecule has 22 heavy (non-hydrogen) atoms. The molecule has 2 heterocycles. The third-order valence-corrected chi connectivity index (χ3v) is 5.11. The highest BCUT2D eigenvalue weighted by atomic mass is 35.5. The molecule has 1 saturated heterocycles. The van der Waals surface area contributed by atoms with Gasteiger partial charge < -0.3 is 15.3 Å². The van der Waals surface area contributed by atoms with E-state index in [9.17, 15) is 9.90 Å². The number of anilines is 1. The average Bonchev–Trinajstić information content (AvgIpc) is 2.45. The minimum atomic E-state index is -0.666. The molecule has 1 aromatic heterocycles. The average molecular weight is 364 g/mol. The third-order valence-electron chi connectivity index (χ3n) is 3.57. The zero-order chi connectivity index (χ0) is 16.2. The van der Waals surface area contributed by atoms with Crippen molar-refractivity contribution in [2.75, 3.05) is 29.9 Å². The van der Waals surface area contributed by atoms with Gasteiger partial charge in [-0.05, 0) is 30.7 Å². The fourth-order valence-corrected chi connectivity index (χ4v) is 3.64. The van der Waals surface area contributed by atoms with Crippen LogP contribution in [0, 0.1) is 0 Å². The van der Waals surface area contributed by atoms with Crippen LogP contribution in [0.3, 0.4) is 0 Å². The van der Waals surface area contributed by atoms with Gasteiger partial charge in [0, 0.05) is 24.5 Å². The van der Waals surface area contributed by atoms with Crippen molar-refractivity contribution in [2.45, 2.75) is 25.4 Å². The number of amides is 2. The molecule has 0 radical (unpaired) electrons. The van der Waals surface area contributed by atoms with Gasteiger partial charge in [0.2, 0.25) is 0 Å². The van der Waals surface area contributed by atoms with Crippen molar-refractivity contribution in [1.82, 2.24) is 9.88 Å². The van der Waals surface area contributed by atoms with Crippen molar-refractivity contribution in [3.05, 3.63) is 22.4 Å². The van der Waals surface area contributed by atoms with Crippen LogP contribution < -0.4 is 5.32 Å². The van der Waals surface area contributed by atoms with Gasteiger partial charge in [0.25, 0.3) is 0 Å². The Morgan fingerprint density at radius 3 is 2.55 bits per heavy atom. The van der Waals surface area contributed by atoms with Gasteiger partial charge in [-0.25, -0.2) is 9.78 Å². The Labute approximate surface area is 144 Å². The Morgan fingerprint density at radius 2 is 2.00 bits per heavy atom. The van der Waals surface area contributed by atoms with Crippen molar-refractivity contribution in [1.29, 1.82) is 0 Å². The number of nitrogens with zero attached hydrogens (tertiary/aromatic N) is 2. The molecule has 0 spiro atoms. The van der Waals surface area contributed by atoms with Gasteiger partial charge >= 0.3 is 6.03 Å². The molecule has 0 aliphatic carbocycles. The number of carbonyl (C=O) groups is 1. The number of halogens is 2. The first kappa shape index (κ1) is 17.7. The fourth-order valence-electron chi connectivity index (χ4n) is 2.30. The summed E-state index contributed by atoms with van der Waals surface area (Å²) in [4.78, 5) is 17.8. The monoisotopic (exact) mass is 363 g/mol. The fraction of sp³-hybridized carbons (Fsp3) is 0.571. The number of piperidine rings is 1. The van der Waals surface area contributed by atoms with Gasteiger partial charge in [-0.2, -0.15) is 11.8 Å². The quantitative estimate of drug-likeness (QED) is 0.803. The van der Waals surface area contributed by atoms with Crippen molar-refractivity contribution < 1.29 is 9.90 Å². The van der Waals surface area contributed by atoms with Crippen LogP contribution in [0.1, 0.15) is 19.8 Å². The van der Waals surface area contributed by atoms with Crippen LogP contribution in [0.5, 0.6) is 0 Å². The second-order valence-electron chi connectivity index (χ2n) is 5.28. The number of thioether (sulfide) groups is 1. The lowest BCUT2D eigenvalue weighted by Gasteiger charge is -2.38. The van der Waals surface area contributed by atoms with Gasteiger partial charge in [0.1, 0.15) is 10.3 Å². The SMILES string of the molecule is CCSCC1(O)CCN(C(=O)Nc2cc(Cl)nc(Cl)c2)CC1. The van der Waals surface area contributed by atoms with Crippen LogP contribution in [0.4, 0.5) is 10.5 Å². The summed E-state index contributed by atoms with van der Waals surface area (Å²) >= 11 is 13.3. The molecule has 2 N–H and O–H groups in total. The van der Waals surface area contributed by atoms with E-state index < -0.39 is 5.60 Å². The zero-order valence-electron chi connectivity index (χ0n) is 12.3. The van der Waals surface area contributed by atoms with E-state index in [1.165, 1.54) is 0 Å². The van der Waals surface area contributed by atoms with Crippen molar-refractivity contribution in [3.8, 4) is 0 Å². The molecular formula is C14H19Cl2N3O2S. The van der Waals surface area contributed by atoms with E-state index in [4.69, 9.17) is 23.2 Å². The van der Waals surface area contributed by atoms with E-state index in [0.29, 0.717) is 37.4 Å². The predicted octanol–water partition coefficient (Wildman–Crippen LogP) is 3.50. The third kappa shape index (κ3) is 4.91. The number of aromatic nitrogens is 1. The lowest BCUT2D eigenvalue weighted by molar-refractivity contribution is 0.00999. The number of likely N-dealkylation sites (tertiary alicyclic amines) is 1. The zero-order valence-corrected chi connectivity index (χ0v) is 14.6. The molecule has 8 heteroatoms. The molecule has 1 aliphatic rings.